The van der Waals surface area contributed by atoms with Crippen molar-refractivity contribution in [2.24, 2.45) is 16.6 Å². The maximum atomic E-state index is 13.4. The largest absolute Gasteiger partial charge is 0.371 e. The molecule has 1 atom stereocenters. The topological polar surface area (TPSA) is 53.6 Å². The predicted octanol–water partition coefficient (Wildman–Crippen LogP) is 3.78. The molecular formula is C20H24F2N4. The van der Waals surface area contributed by atoms with Crippen LogP contribution in [-0.4, -0.2) is 25.6 Å². The molecule has 1 aliphatic heterocycles. The van der Waals surface area contributed by atoms with Gasteiger partial charge in [-0.05, 0) is 48.6 Å². The van der Waals surface area contributed by atoms with Crippen molar-refractivity contribution < 1.29 is 8.78 Å². The van der Waals surface area contributed by atoms with E-state index in [-0.39, 0.29) is 0 Å². The average molecular weight is 358 g/mol. The summed E-state index contributed by atoms with van der Waals surface area (Å²) in [6, 6.07) is 12.1. The highest BCUT2D eigenvalue weighted by Gasteiger charge is 2.23. The molecular weight excluding hydrogens is 334 g/mol. The van der Waals surface area contributed by atoms with Crippen LogP contribution >= 0.6 is 0 Å². The van der Waals surface area contributed by atoms with Crippen LogP contribution in [0.2, 0.25) is 0 Å². The van der Waals surface area contributed by atoms with E-state index in [4.69, 9.17) is 5.73 Å². The lowest BCUT2D eigenvalue weighted by atomic mass is 10.1. The van der Waals surface area contributed by atoms with Crippen LogP contribution in [0.25, 0.3) is 0 Å². The van der Waals surface area contributed by atoms with E-state index in [2.05, 4.69) is 34.3 Å². The lowest BCUT2D eigenvalue weighted by molar-refractivity contribution is 0.508. The van der Waals surface area contributed by atoms with Crippen LogP contribution in [0.1, 0.15) is 18.9 Å². The molecule has 4 nitrogen and oxygen atoms in total. The van der Waals surface area contributed by atoms with Crippen LogP contribution in [0.15, 0.2) is 47.5 Å². The fraction of sp³-hybridized carbons (Fsp3) is 0.350. The molecule has 26 heavy (non-hydrogen) atoms. The number of hydrogen-bond acceptors (Lipinski definition) is 2. The van der Waals surface area contributed by atoms with Gasteiger partial charge in [0.25, 0.3) is 0 Å². The molecule has 1 fully saturated rings. The summed E-state index contributed by atoms with van der Waals surface area (Å²) >= 11 is 0. The molecule has 0 saturated carbocycles. The van der Waals surface area contributed by atoms with Gasteiger partial charge in [0, 0.05) is 37.1 Å². The van der Waals surface area contributed by atoms with Gasteiger partial charge in [0.2, 0.25) is 0 Å². The molecule has 1 unspecified atom stereocenters. The monoisotopic (exact) mass is 358 g/mol. The number of nitrogens with one attached hydrogen (secondary N) is 1. The molecule has 138 valence electrons. The van der Waals surface area contributed by atoms with Gasteiger partial charge in [-0.2, -0.15) is 0 Å². The fourth-order valence-corrected chi connectivity index (χ4v) is 3.14. The van der Waals surface area contributed by atoms with E-state index in [1.54, 1.807) is 6.07 Å². The maximum absolute atomic E-state index is 13.4. The van der Waals surface area contributed by atoms with Crippen molar-refractivity contribution in [3.63, 3.8) is 0 Å². The third-order valence-corrected chi connectivity index (χ3v) is 4.71. The first-order valence-electron chi connectivity index (χ1n) is 8.91. The zero-order valence-electron chi connectivity index (χ0n) is 14.9. The van der Waals surface area contributed by atoms with Crippen molar-refractivity contribution in [1.29, 1.82) is 0 Å². The Bertz CT molecular complexity index is 774. The Hall–Kier alpha value is -2.63. The number of halogens is 2. The number of aliphatic imine (C=N–C) groups is 1. The number of anilines is 2. The summed E-state index contributed by atoms with van der Waals surface area (Å²) < 4.78 is 26.5. The van der Waals surface area contributed by atoms with Gasteiger partial charge >= 0.3 is 0 Å². The minimum atomic E-state index is -0.820. The van der Waals surface area contributed by atoms with E-state index in [9.17, 15) is 8.78 Å². The van der Waals surface area contributed by atoms with E-state index in [1.165, 1.54) is 17.7 Å². The number of nitrogens with two attached hydrogens (primary N) is 1. The smallest absolute Gasteiger partial charge is 0.193 e. The van der Waals surface area contributed by atoms with Crippen molar-refractivity contribution >= 4 is 17.3 Å². The number of hydrogen-bond donors (Lipinski definition) is 2. The molecule has 0 amide bonds. The highest BCUT2D eigenvalue weighted by Crippen LogP contribution is 2.25. The average Bonchev–Trinajstić information content (AvgIpc) is 3.12. The van der Waals surface area contributed by atoms with Gasteiger partial charge in [0.15, 0.2) is 17.6 Å². The van der Waals surface area contributed by atoms with Crippen LogP contribution in [0.3, 0.4) is 0 Å². The van der Waals surface area contributed by atoms with E-state index in [0.29, 0.717) is 24.1 Å². The zero-order chi connectivity index (χ0) is 18.5. The lowest BCUT2D eigenvalue weighted by Gasteiger charge is -2.18. The van der Waals surface area contributed by atoms with E-state index in [1.807, 2.05) is 12.1 Å². The highest BCUT2D eigenvalue weighted by molar-refractivity contribution is 5.92. The SMILES string of the molecule is CCc1ccc(NC(N)=NCC2CCN(c3ccc(F)c(F)c3)C2)cc1. The van der Waals surface area contributed by atoms with Crippen LogP contribution in [0.4, 0.5) is 20.2 Å². The molecule has 3 N–H and O–H groups in total. The second-order valence-electron chi connectivity index (χ2n) is 6.60. The van der Waals surface area contributed by atoms with Gasteiger partial charge in [0.1, 0.15) is 0 Å². The lowest BCUT2D eigenvalue weighted by Crippen LogP contribution is -2.25. The van der Waals surface area contributed by atoms with Crippen molar-refractivity contribution in [1.82, 2.24) is 0 Å². The van der Waals surface area contributed by atoms with Gasteiger partial charge in [-0.3, -0.25) is 4.99 Å². The maximum Gasteiger partial charge on any atom is 0.193 e. The fourth-order valence-electron chi connectivity index (χ4n) is 3.14. The third-order valence-electron chi connectivity index (χ3n) is 4.71. The summed E-state index contributed by atoms with van der Waals surface area (Å²) in [5, 5.41) is 3.10. The van der Waals surface area contributed by atoms with Crippen molar-refractivity contribution in [2.75, 3.05) is 29.9 Å². The summed E-state index contributed by atoms with van der Waals surface area (Å²) in [6.45, 7) is 4.28. The summed E-state index contributed by atoms with van der Waals surface area (Å²) in [5.74, 6) is -0.905. The molecule has 2 aromatic carbocycles. The Kier molecular flexibility index (Phi) is 5.71. The molecule has 3 rings (SSSR count). The Morgan fingerprint density at radius 3 is 2.65 bits per heavy atom. The third kappa shape index (κ3) is 4.50. The Labute approximate surface area is 152 Å². The first kappa shape index (κ1) is 18.2. The van der Waals surface area contributed by atoms with Crippen LogP contribution < -0.4 is 16.0 Å². The summed E-state index contributed by atoms with van der Waals surface area (Å²) in [6.07, 6.45) is 1.95. The van der Waals surface area contributed by atoms with Gasteiger partial charge < -0.3 is 16.0 Å². The molecule has 0 radical (unpaired) electrons. The second kappa shape index (κ2) is 8.17. The molecule has 1 heterocycles. The molecule has 0 spiro atoms. The van der Waals surface area contributed by atoms with Crippen LogP contribution in [0.5, 0.6) is 0 Å². The first-order valence-corrected chi connectivity index (χ1v) is 8.91. The highest BCUT2D eigenvalue weighted by atomic mass is 19.2. The molecule has 1 saturated heterocycles. The molecule has 0 bridgehead atoms. The quantitative estimate of drug-likeness (QED) is 0.632. The Morgan fingerprint density at radius 2 is 1.96 bits per heavy atom. The van der Waals surface area contributed by atoms with E-state index in [0.717, 1.165) is 31.6 Å². The van der Waals surface area contributed by atoms with Crippen molar-refractivity contribution in [3.8, 4) is 0 Å². The van der Waals surface area contributed by atoms with Crippen molar-refractivity contribution in [3.05, 3.63) is 59.7 Å². The molecule has 6 heteroatoms. The van der Waals surface area contributed by atoms with Gasteiger partial charge in [-0.25, -0.2) is 8.78 Å². The van der Waals surface area contributed by atoms with Crippen molar-refractivity contribution in [2.45, 2.75) is 19.8 Å². The zero-order valence-corrected chi connectivity index (χ0v) is 14.9. The number of guanidine groups is 1. The van der Waals surface area contributed by atoms with Crippen LogP contribution in [0, 0.1) is 17.6 Å². The van der Waals surface area contributed by atoms with Crippen LogP contribution in [-0.2, 0) is 6.42 Å². The number of nitrogens with zero attached hydrogens (tertiary/aromatic N) is 2. The predicted molar refractivity (Wildman–Crippen MR) is 103 cm³/mol. The number of benzene rings is 2. The molecule has 2 aromatic rings. The minimum Gasteiger partial charge on any atom is -0.371 e. The molecule has 0 aromatic heterocycles. The second-order valence-corrected chi connectivity index (χ2v) is 6.60. The van der Waals surface area contributed by atoms with E-state index >= 15 is 0 Å². The standard InChI is InChI=1S/C20H24F2N4/c1-2-14-3-5-16(6-4-14)25-20(23)24-12-15-9-10-26(13-15)17-7-8-18(21)19(22)11-17/h3-8,11,15H,2,9-10,12-13H2,1H3,(H3,23,24,25). The van der Waals surface area contributed by atoms with Gasteiger partial charge in [0.05, 0.1) is 0 Å². The summed E-state index contributed by atoms with van der Waals surface area (Å²) in [7, 11) is 0. The van der Waals surface area contributed by atoms with Gasteiger partial charge in [-0.15, -0.1) is 0 Å². The van der Waals surface area contributed by atoms with E-state index < -0.39 is 11.6 Å². The normalized spacial score (nSPS) is 17.6. The number of rotatable bonds is 5. The Morgan fingerprint density at radius 1 is 1.19 bits per heavy atom. The number of aryl methyl sites for hydroxylation is 1. The first-order chi connectivity index (χ1) is 12.5. The van der Waals surface area contributed by atoms with Gasteiger partial charge in [-0.1, -0.05) is 19.1 Å². The minimum absolute atomic E-state index is 0.339. The molecule has 0 aliphatic carbocycles. The summed E-state index contributed by atoms with van der Waals surface area (Å²) in [4.78, 5) is 6.48. The summed E-state index contributed by atoms with van der Waals surface area (Å²) in [5.41, 5.74) is 8.86. The Balaban J connectivity index is 1.52. The molecule has 1 aliphatic rings.